The molecule has 5 rings (SSSR count). The van der Waals surface area contributed by atoms with Gasteiger partial charge in [-0.2, -0.15) is 0 Å². The third-order valence-corrected chi connectivity index (χ3v) is 7.74. The summed E-state index contributed by atoms with van der Waals surface area (Å²) in [5.74, 6) is -1.96. The third-order valence-electron chi connectivity index (χ3n) is 6.19. The second-order valence-electron chi connectivity index (χ2n) is 8.38. The average molecular weight is 580 g/mol. The topological polar surface area (TPSA) is 114 Å². The number of rotatable bonds is 5. The fourth-order valence-electron chi connectivity index (χ4n) is 4.20. The second-order valence-corrected chi connectivity index (χ2v) is 10.1. The molecule has 13 heteroatoms. The van der Waals surface area contributed by atoms with Gasteiger partial charge in [-0.05, 0) is 46.3 Å². The molecular formula is C23H20BrF2N5O4S. The minimum Gasteiger partial charge on any atom is -0.394 e. The van der Waals surface area contributed by atoms with Gasteiger partial charge in [0, 0.05) is 24.7 Å². The van der Waals surface area contributed by atoms with E-state index in [4.69, 9.17) is 4.74 Å². The summed E-state index contributed by atoms with van der Waals surface area (Å²) < 4.78 is 35.7. The molecule has 1 aliphatic rings. The average Bonchev–Trinajstić information content (AvgIpc) is 3.55. The lowest BCUT2D eigenvalue weighted by Crippen LogP contribution is -2.52. The molecule has 9 nitrogen and oxygen atoms in total. The van der Waals surface area contributed by atoms with Gasteiger partial charge in [-0.1, -0.05) is 5.21 Å². The predicted octanol–water partition coefficient (Wildman–Crippen LogP) is 3.31. The van der Waals surface area contributed by atoms with E-state index in [0.717, 1.165) is 22.3 Å². The van der Waals surface area contributed by atoms with Gasteiger partial charge >= 0.3 is 0 Å². The molecule has 1 aliphatic heterocycles. The van der Waals surface area contributed by atoms with Gasteiger partial charge in [-0.3, -0.25) is 4.79 Å². The fourth-order valence-corrected chi connectivity index (χ4v) is 5.14. The Morgan fingerprint density at radius 1 is 1.31 bits per heavy atom. The van der Waals surface area contributed by atoms with Crippen LogP contribution >= 0.6 is 27.3 Å². The molecule has 1 saturated heterocycles. The minimum absolute atomic E-state index is 0.0372. The van der Waals surface area contributed by atoms with Crippen molar-refractivity contribution in [3.8, 4) is 11.3 Å². The van der Waals surface area contributed by atoms with Crippen molar-refractivity contribution < 1.29 is 28.5 Å². The molecule has 188 valence electrons. The van der Waals surface area contributed by atoms with Crippen LogP contribution in [0.1, 0.15) is 12.5 Å². The highest BCUT2D eigenvalue weighted by Gasteiger charge is 2.42. The van der Waals surface area contributed by atoms with Crippen molar-refractivity contribution in [2.24, 2.45) is 0 Å². The number of fused-ring (bicyclic) bond motifs is 1. The predicted molar refractivity (Wildman–Crippen MR) is 132 cm³/mol. The molecule has 1 amide bonds. The van der Waals surface area contributed by atoms with Crippen molar-refractivity contribution in [3.63, 3.8) is 0 Å². The molecule has 0 radical (unpaired) electrons. The van der Waals surface area contributed by atoms with Crippen LogP contribution in [-0.2, 0) is 9.53 Å². The Balaban J connectivity index is 1.40. The van der Waals surface area contributed by atoms with Crippen molar-refractivity contribution in [2.45, 2.75) is 30.8 Å². The van der Waals surface area contributed by atoms with Gasteiger partial charge in [0.25, 0.3) is 5.91 Å². The van der Waals surface area contributed by atoms with Crippen LogP contribution in [0.2, 0.25) is 0 Å². The van der Waals surface area contributed by atoms with E-state index < -0.39 is 42.6 Å². The van der Waals surface area contributed by atoms with Crippen LogP contribution in [0.3, 0.4) is 0 Å². The van der Waals surface area contributed by atoms with Crippen LogP contribution in [0.25, 0.3) is 21.5 Å². The van der Waals surface area contributed by atoms with E-state index in [0.29, 0.717) is 5.69 Å². The number of amides is 1. The van der Waals surface area contributed by atoms with Gasteiger partial charge in [-0.15, -0.1) is 16.4 Å². The van der Waals surface area contributed by atoms with Gasteiger partial charge in [0.05, 0.1) is 39.0 Å². The SMILES string of the molecule is CN(C(=O)[C@H]1C[C@@H](n2cc(-c3cc(F)c(Br)c(F)c3)nn2)[C@@H](O)[C@@H](CO)O1)c1ccc2ncsc2c1. The van der Waals surface area contributed by atoms with Crippen molar-refractivity contribution in [3.05, 3.63) is 58.1 Å². The summed E-state index contributed by atoms with van der Waals surface area (Å²) in [6.07, 6.45) is -1.78. The Morgan fingerprint density at radius 2 is 2.06 bits per heavy atom. The molecule has 0 saturated carbocycles. The summed E-state index contributed by atoms with van der Waals surface area (Å²) in [7, 11) is 1.62. The molecular weight excluding hydrogens is 560 g/mol. The van der Waals surface area contributed by atoms with Crippen molar-refractivity contribution in [1.29, 1.82) is 0 Å². The maximum atomic E-state index is 14.0. The molecule has 3 heterocycles. The number of ether oxygens (including phenoxy) is 1. The molecule has 2 aromatic carbocycles. The number of thiazole rings is 1. The Labute approximate surface area is 216 Å². The monoisotopic (exact) mass is 579 g/mol. The Bertz CT molecular complexity index is 1410. The number of carbonyl (C=O) groups is 1. The highest BCUT2D eigenvalue weighted by atomic mass is 79.9. The number of carbonyl (C=O) groups excluding carboxylic acids is 1. The number of halogens is 3. The molecule has 4 aromatic rings. The van der Waals surface area contributed by atoms with E-state index in [9.17, 15) is 23.8 Å². The van der Waals surface area contributed by atoms with E-state index in [1.807, 2.05) is 12.1 Å². The maximum absolute atomic E-state index is 14.0. The van der Waals surface area contributed by atoms with Crippen LogP contribution < -0.4 is 4.90 Å². The van der Waals surface area contributed by atoms with Crippen molar-refractivity contribution in [2.75, 3.05) is 18.6 Å². The standard InChI is InChI=1S/C23H20BrF2N5O4S/c1-30(12-2-3-15-20(6-12)36-10-27-15)23(34)18-7-17(22(33)19(9-32)35-18)31-8-16(28-29-31)11-4-13(25)21(24)14(26)5-11/h2-6,8,10,17-19,22,32-33H,7,9H2,1H3/t17-,18-,19-,22-/m1/s1. The quantitative estimate of drug-likeness (QED) is 0.349. The van der Waals surface area contributed by atoms with Crippen LogP contribution in [-0.4, -0.2) is 68.1 Å². The molecule has 36 heavy (non-hydrogen) atoms. The number of likely N-dealkylation sites (N-methyl/N-ethyl adjacent to an activating group) is 1. The zero-order valence-electron chi connectivity index (χ0n) is 18.8. The normalized spacial score (nSPS) is 22.2. The number of hydrogen-bond donors (Lipinski definition) is 2. The summed E-state index contributed by atoms with van der Waals surface area (Å²) in [6.45, 7) is -0.525. The highest BCUT2D eigenvalue weighted by Crippen LogP contribution is 2.33. The molecule has 2 N–H and O–H groups in total. The number of nitrogens with zero attached hydrogens (tertiary/aromatic N) is 5. The lowest BCUT2D eigenvalue weighted by molar-refractivity contribution is -0.169. The van der Waals surface area contributed by atoms with Gasteiger partial charge in [-0.25, -0.2) is 18.4 Å². The molecule has 4 atom stereocenters. The van der Waals surface area contributed by atoms with Crippen LogP contribution in [0.4, 0.5) is 14.5 Å². The van der Waals surface area contributed by atoms with E-state index in [1.165, 1.54) is 27.1 Å². The summed E-state index contributed by atoms with van der Waals surface area (Å²) in [5, 5.41) is 28.6. The first-order valence-corrected chi connectivity index (χ1v) is 12.6. The van der Waals surface area contributed by atoms with E-state index >= 15 is 0 Å². The summed E-state index contributed by atoms with van der Waals surface area (Å²) in [6, 6.07) is 6.89. The molecule has 0 spiro atoms. The van der Waals surface area contributed by atoms with E-state index in [2.05, 4.69) is 31.2 Å². The lowest BCUT2D eigenvalue weighted by atomic mass is 9.94. The van der Waals surface area contributed by atoms with Crippen molar-refractivity contribution >= 4 is 49.1 Å². The number of benzene rings is 2. The van der Waals surface area contributed by atoms with E-state index in [1.54, 1.807) is 18.6 Å². The van der Waals surface area contributed by atoms with Crippen LogP contribution in [0.15, 0.2) is 46.5 Å². The first kappa shape index (κ1) is 24.8. The smallest absolute Gasteiger partial charge is 0.255 e. The van der Waals surface area contributed by atoms with Gasteiger partial charge in [0.15, 0.2) is 0 Å². The lowest BCUT2D eigenvalue weighted by Gasteiger charge is -2.39. The number of anilines is 1. The molecule has 1 fully saturated rings. The summed E-state index contributed by atoms with van der Waals surface area (Å²) >= 11 is 4.29. The Morgan fingerprint density at radius 3 is 2.78 bits per heavy atom. The number of aliphatic hydroxyl groups is 2. The second kappa shape index (κ2) is 9.90. The van der Waals surface area contributed by atoms with Gasteiger partial charge < -0.3 is 19.8 Å². The van der Waals surface area contributed by atoms with Crippen LogP contribution in [0, 0.1) is 11.6 Å². The maximum Gasteiger partial charge on any atom is 0.255 e. The first-order valence-electron chi connectivity index (χ1n) is 10.9. The third kappa shape index (κ3) is 4.52. The summed E-state index contributed by atoms with van der Waals surface area (Å²) in [5.41, 5.74) is 3.53. The molecule has 0 aliphatic carbocycles. The van der Waals surface area contributed by atoms with Gasteiger partial charge in [0.1, 0.15) is 35.6 Å². The zero-order valence-corrected chi connectivity index (χ0v) is 21.2. The molecule has 0 unspecified atom stereocenters. The van der Waals surface area contributed by atoms with E-state index in [-0.39, 0.29) is 28.1 Å². The molecule has 2 aromatic heterocycles. The number of aliphatic hydroxyl groups excluding tert-OH is 2. The van der Waals surface area contributed by atoms with Crippen LogP contribution in [0.5, 0.6) is 0 Å². The summed E-state index contributed by atoms with van der Waals surface area (Å²) in [4.78, 5) is 19.0. The van der Waals surface area contributed by atoms with Crippen molar-refractivity contribution in [1.82, 2.24) is 20.0 Å². The molecule has 0 bridgehead atoms. The largest absolute Gasteiger partial charge is 0.394 e. The zero-order chi connectivity index (χ0) is 25.6. The fraction of sp³-hybridized carbons (Fsp3) is 0.304. The number of aromatic nitrogens is 4. The Kier molecular flexibility index (Phi) is 6.83. The first-order chi connectivity index (χ1) is 17.3. The minimum atomic E-state index is -1.20. The number of hydrogen-bond acceptors (Lipinski definition) is 8. The highest BCUT2D eigenvalue weighted by molar-refractivity contribution is 9.10. The Hall–Kier alpha value is -2.84. The van der Waals surface area contributed by atoms with Gasteiger partial charge in [0.2, 0.25) is 0 Å².